The fourth-order valence-electron chi connectivity index (χ4n) is 2.76. The van der Waals surface area contributed by atoms with Crippen LogP contribution in [-0.2, 0) is 29.7 Å². The number of para-hydroxylation sites is 1. The number of rotatable bonds is 5. The number of sulfone groups is 2. The van der Waals surface area contributed by atoms with Gasteiger partial charge in [0, 0.05) is 4.47 Å². The summed E-state index contributed by atoms with van der Waals surface area (Å²) in [7, 11) is -11.4. The standard InChI is InChI=1S/C16H16BrNO6S3/c17-15-6-1-2-7-16(15)18-27(23,24)13-5-3-4-12(10-13)26(21,22)14-8-9-25(19,20)11-14/h1-7,10,14,18H,8-9,11H2. The van der Waals surface area contributed by atoms with Crippen molar-refractivity contribution >= 4 is 51.3 Å². The number of sulfonamides is 1. The van der Waals surface area contributed by atoms with Crippen LogP contribution in [-0.4, -0.2) is 42.0 Å². The number of anilines is 1. The van der Waals surface area contributed by atoms with Crippen LogP contribution < -0.4 is 4.72 Å². The first kappa shape index (κ1) is 20.3. The molecule has 0 radical (unpaired) electrons. The minimum absolute atomic E-state index is 0.0108. The molecule has 0 spiro atoms. The van der Waals surface area contributed by atoms with Gasteiger partial charge in [0.05, 0.1) is 32.2 Å². The monoisotopic (exact) mass is 493 g/mol. The van der Waals surface area contributed by atoms with E-state index < -0.39 is 40.7 Å². The molecule has 0 amide bonds. The maximum atomic E-state index is 12.7. The van der Waals surface area contributed by atoms with Crippen LogP contribution >= 0.6 is 15.9 Å². The molecule has 1 N–H and O–H groups in total. The maximum Gasteiger partial charge on any atom is 0.261 e. The highest BCUT2D eigenvalue weighted by Crippen LogP contribution is 2.28. The van der Waals surface area contributed by atoms with Gasteiger partial charge in [-0.1, -0.05) is 18.2 Å². The lowest BCUT2D eigenvalue weighted by Crippen LogP contribution is -2.23. The Labute approximate surface area is 166 Å². The molecule has 27 heavy (non-hydrogen) atoms. The van der Waals surface area contributed by atoms with Crippen molar-refractivity contribution in [3.8, 4) is 0 Å². The molecule has 0 aromatic heterocycles. The lowest BCUT2D eigenvalue weighted by molar-refractivity contribution is 0.582. The smallest absolute Gasteiger partial charge is 0.261 e. The minimum Gasteiger partial charge on any atom is -0.278 e. The zero-order valence-electron chi connectivity index (χ0n) is 13.9. The van der Waals surface area contributed by atoms with Crippen LogP contribution in [0.4, 0.5) is 5.69 Å². The van der Waals surface area contributed by atoms with Crippen LogP contribution in [0.2, 0.25) is 0 Å². The molecule has 1 unspecified atom stereocenters. The van der Waals surface area contributed by atoms with Gasteiger partial charge in [0.2, 0.25) is 0 Å². The van der Waals surface area contributed by atoms with Gasteiger partial charge >= 0.3 is 0 Å². The van der Waals surface area contributed by atoms with Gasteiger partial charge in [-0.3, -0.25) is 4.72 Å². The SMILES string of the molecule is O=S1(=O)CCC(S(=O)(=O)c2cccc(S(=O)(=O)Nc3ccccc3Br)c2)C1. The molecule has 1 aliphatic heterocycles. The van der Waals surface area contributed by atoms with E-state index in [9.17, 15) is 25.3 Å². The quantitative estimate of drug-likeness (QED) is 0.682. The molecule has 146 valence electrons. The third kappa shape index (κ3) is 4.36. The number of benzene rings is 2. The number of hydrogen-bond donors (Lipinski definition) is 1. The Hall–Kier alpha value is -1.43. The van der Waals surface area contributed by atoms with Gasteiger partial charge in [-0.15, -0.1) is 0 Å². The number of halogens is 1. The van der Waals surface area contributed by atoms with Crippen molar-refractivity contribution in [1.82, 2.24) is 0 Å². The van der Waals surface area contributed by atoms with Gasteiger partial charge in [0.25, 0.3) is 10.0 Å². The fraction of sp³-hybridized carbons (Fsp3) is 0.250. The zero-order valence-corrected chi connectivity index (χ0v) is 17.9. The molecule has 0 aliphatic carbocycles. The lowest BCUT2D eigenvalue weighted by atomic mass is 10.3. The van der Waals surface area contributed by atoms with Crippen molar-refractivity contribution < 1.29 is 25.3 Å². The lowest BCUT2D eigenvalue weighted by Gasteiger charge is -2.13. The van der Waals surface area contributed by atoms with Crippen molar-refractivity contribution in [2.45, 2.75) is 21.5 Å². The first-order valence-corrected chi connectivity index (χ1v) is 13.5. The van der Waals surface area contributed by atoms with Crippen molar-refractivity contribution in [3.05, 3.63) is 53.0 Å². The Morgan fingerprint density at radius 1 is 0.963 bits per heavy atom. The van der Waals surface area contributed by atoms with E-state index in [1.54, 1.807) is 24.3 Å². The summed E-state index contributed by atoms with van der Waals surface area (Å²) in [4.78, 5) is -0.431. The Morgan fingerprint density at radius 2 is 1.63 bits per heavy atom. The topological polar surface area (TPSA) is 114 Å². The molecule has 3 rings (SSSR count). The minimum atomic E-state index is -4.03. The molecule has 2 aromatic rings. The van der Waals surface area contributed by atoms with Crippen LogP contribution in [0.3, 0.4) is 0 Å². The molecule has 1 atom stereocenters. The van der Waals surface area contributed by atoms with Gasteiger partial charge in [0.1, 0.15) is 0 Å². The Bertz CT molecular complexity index is 1190. The summed E-state index contributed by atoms with van der Waals surface area (Å²) in [6.07, 6.45) is 0.0108. The fourth-order valence-corrected chi connectivity index (χ4v) is 8.88. The third-order valence-corrected chi connectivity index (χ3v) is 10.4. The average Bonchev–Trinajstić information content (AvgIpc) is 2.98. The second-order valence-electron chi connectivity index (χ2n) is 6.13. The molecular formula is C16H16BrNO6S3. The van der Waals surface area contributed by atoms with E-state index in [4.69, 9.17) is 0 Å². The molecular weight excluding hydrogens is 478 g/mol. The Kier molecular flexibility index (Phi) is 5.41. The second-order valence-corrected chi connectivity index (χ2v) is 13.1. The predicted molar refractivity (Wildman–Crippen MR) is 106 cm³/mol. The van der Waals surface area contributed by atoms with Crippen LogP contribution in [0.25, 0.3) is 0 Å². The van der Waals surface area contributed by atoms with Crippen LogP contribution in [0, 0.1) is 0 Å². The Morgan fingerprint density at radius 3 is 2.26 bits per heavy atom. The van der Waals surface area contributed by atoms with Gasteiger partial charge in [-0.05, 0) is 52.7 Å². The summed E-state index contributed by atoms with van der Waals surface area (Å²) < 4.78 is 76.9. The number of hydrogen-bond acceptors (Lipinski definition) is 6. The maximum absolute atomic E-state index is 12.7. The van der Waals surface area contributed by atoms with Gasteiger partial charge in [-0.2, -0.15) is 0 Å². The van der Waals surface area contributed by atoms with Crippen molar-refractivity contribution in [1.29, 1.82) is 0 Å². The van der Waals surface area contributed by atoms with E-state index in [1.807, 2.05) is 0 Å². The van der Waals surface area contributed by atoms with Gasteiger partial charge in [-0.25, -0.2) is 25.3 Å². The summed E-state index contributed by atoms with van der Waals surface area (Å²) >= 11 is 3.24. The second kappa shape index (κ2) is 7.19. The molecule has 11 heteroatoms. The van der Waals surface area contributed by atoms with E-state index >= 15 is 0 Å². The predicted octanol–water partition coefficient (Wildman–Crippen LogP) is 2.21. The summed E-state index contributed by atoms with van der Waals surface area (Å²) in [6.45, 7) is 0. The summed E-state index contributed by atoms with van der Waals surface area (Å²) in [6, 6.07) is 11.5. The number of nitrogens with one attached hydrogen (secondary N) is 1. The molecule has 0 saturated carbocycles. The normalized spacial score (nSPS) is 19.7. The van der Waals surface area contributed by atoms with Crippen LogP contribution in [0.1, 0.15) is 6.42 Å². The summed E-state index contributed by atoms with van der Waals surface area (Å²) in [5.41, 5.74) is 0.313. The van der Waals surface area contributed by atoms with Crippen LogP contribution in [0.15, 0.2) is 62.8 Å². The summed E-state index contributed by atoms with van der Waals surface area (Å²) in [5, 5.41) is -1.06. The van der Waals surface area contributed by atoms with Crippen molar-refractivity contribution in [2.24, 2.45) is 0 Å². The molecule has 1 aliphatic rings. The van der Waals surface area contributed by atoms with Gasteiger partial charge in [0.15, 0.2) is 19.7 Å². The zero-order chi connectivity index (χ0) is 19.9. The molecule has 2 aromatic carbocycles. The largest absolute Gasteiger partial charge is 0.278 e. The van der Waals surface area contributed by atoms with Crippen molar-refractivity contribution in [3.63, 3.8) is 0 Å². The Balaban J connectivity index is 1.95. The first-order valence-electron chi connectivity index (χ1n) is 7.83. The highest BCUT2D eigenvalue weighted by atomic mass is 79.9. The molecule has 1 heterocycles. The molecule has 1 saturated heterocycles. The van der Waals surface area contributed by atoms with E-state index in [2.05, 4.69) is 20.7 Å². The van der Waals surface area contributed by atoms with E-state index in [-0.39, 0.29) is 22.0 Å². The van der Waals surface area contributed by atoms with Gasteiger partial charge < -0.3 is 0 Å². The average molecular weight is 494 g/mol. The highest BCUT2D eigenvalue weighted by molar-refractivity contribution is 9.10. The first-order chi connectivity index (χ1) is 12.5. The third-order valence-electron chi connectivity index (χ3n) is 4.19. The van der Waals surface area contributed by atoms with E-state index in [0.717, 1.165) is 6.07 Å². The van der Waals surface area contributed by atoms with Crippen LogP contribution in [0.5, 0.6) is 0 Å². The van der Waals surface area contributed by atoms with Crippen molar-refractivity contribution in [2.75, 3.05) is 16.2 Å². The highest BCUT2D eigenvalue weighted by Gasteiger charge is 2.38. The molecule has 0 bridgehead atoms. The summed E-state index contributed by atoms with van der Waals surface area (Å²) in [5.74, 6) is -0.625. The molecule has 7 nitrogen and oxygen atoms in total. The van der Waals surface area contributed by atoms with E-state index in [1.165, 1.54) is 18.2 Å². The molecule has 1 fully saturated rings. The van der Waals surface area contributed by atoms with E-state index in [0.29, 0.717) is 10.2 Å².